The third-order valence-electron chi connectivity index (χ3n) is 3.56. The van der Waals surface area contributed by atoms with Gasteiger partial charge in [0.2, 0.25) is 6.79 Å². The summed E-state index contributed by atoms with van der Waals surface area (Å²) < 4.78 is 10.9. The number of nitrogens with zero attached hydrogens (tertiary/aromatic N) is 1. The topological polar surface area (TPSA) is 33.7 Å². The van der Waals surface area contributed by atoms with Crippen LogP contribution in [0, 0.1) is 6.92 Å². The normalized spacial score (nSPS) is 19.8. The first kappa shape index (κ1) is 11.8. The maximum absolute atomic E-state index is 5.48. The van der Waals surface area contributed by atoms with Crippen molar-refractivity contribution in [3.8, 4) is 11.5 Å². The molecule has 0 saturated carbocycles. The van der Waals surface area contributed by atoms with E-state index in [0.717, 1.165) is 37.7 Å². The molecule has 0 aromatic heterocycles. The summed E-state index contributed by atoms with van der Waals surface area (Å²) in [5.41, 5.74) is 2.49. The second-order valence-corrected chi connectivity index (χ2v) is 5.03. The summed E-state index contributed by atoms with van der Waals surface area (Å²) in [4.78, 5) is 2.50. The smallest absolute Gasteiger partial charge is 0.231 e. The summed E-state index contributed by atoms with van der Waals surface area (Å²) in [6.45, 7) is 7.95. The van der Waals surface area contributed by atoms with Crippen LogP contribution in [0.2, 0.25) is 0 Å². The Bertz CT molecular complexity index is 426. The van der Waals surface area contributed by atoms with E-state index < -0.39 is 0 Å². The van der Waals surface area contributed by atoms with Crippen LogP contribution in [0.15, 0.2) is 12.1 Å². The number of aryl methyl sites for hydroxylation is 1. The minimum atomic E-state index is 0.354. The first-order valence-corrected chi connectivity index (χ1v) is 6.65. The number of hydrogen-bond acceptors (Lipinski definition) is 4. The Hall–Kier alpha value is -1.26. The molecule has 1 fully saturated rings. The summed E-state index contributed by atoms with van der Waals surface area (Å²) in [7, 11) is 0. The molecule has 0 aliphatic carbocycles. The van der Waals surface area contributed by atoms with E-state index in [-0.39, 0.29) is 0 Å². The minimum absolute atomic E-state index is 0.354. The fraction of sp³-hybridized carbons (Fsp3) is 0.571. The Morgan fingerprint density at radius 2 is 2.17 bits per heavy atom. The molecular weight excluding hydrogens is 228 g/mol. The lowest BCUT2D eigenvalue weighted by molar-refractivity contribution is 0.173. The Morgan fingerprint density at radius 1 is 1.22 bits per heavy atom. The molecule has 1 aromatic carbocycles. The van der Waals surface area contributed by atoms with Gasteiger partial charge in [-0.25, -0.2) is 0 Å². The predicted octanol–water partition coefficient (Wildman–Crippen LogP) is 1.52. The number of ether oxygens (including phenoxy) is 2. The zero-order valence-corrected chi connectivity index (χ0v) is 10.9. The average molecular weight is 248 g/mol. The highest BCUT2D eigenvalue weighted by Crippen LogP contribution is 2.36. The number of rotatable bonds is 2. The Kier molecular flexibility index (Phi) is 3.39. The average Bonchev–Trinajstić information content (AvgIpc) is 2.68. The summed E-state index contributed by atoms with van der Waals surface area (Å²) in [6.07, 6.45) is 1.23. The molecule has 0 bridgehead atoms. The SMILES string of the molecule is Cc1cc(CN2CCCNCC2)cc2c1OCO2. The molecule has 98 valence electrons. The lowest BCUT2D eigenvalue weighted by Gasteiger charge is -2.19. The van der Waals surface area contributed by atoms with Gasteiger partial charge in [0.05, 0.1) is 0 Å². The molecule has 2 heterocycles. The number of benzene rings is 1. The molecule has 0 atom stereocenters. The van der Waals surface area contributed by atoms with Crippen molar-refractivity contribution in [2.75, 3.05) is 33.0 Å². The molecule has 2 aliphatic rings. The summed E-state index contributed by atoms with van der Waals surface area (Å²) in [5.74, 6) is 1.81. The molecule has 1 N–H and O–H groups in total. The van der Waals surface area contributed by atoms with E-state index in [4.69, 9.17) is 9.47 Å². The molecule has 3 rings (SSSR count). The fourth-order valence-electron chi connectivity index (χ4n) is 2.67. The van der Waals surface area contributed by atoms with E-state index in [1.54, 1.807) is 0 Å². The van der Waals surface area contributed by atoms with Crippen molar-refractivity contribution in [3.05, 3.63) is 23.3 Å². The summed E-state index contributed by atoms with van der Waals surface area (Å²) >= 11 is 0. The van der Waals surface area contributed by atoms with Gasteiger partial charge in [0.15, 0.2) is 11.5 Å². The minimum Gasteiger partial charge on any atom is -0.454 e. The van der Waals surface area contributed by atoms with Crippen LogP contribution in [-0.4, -0.2) is 37.9 Å². The molecule has 4 nitrogen and oxygen atoms in total. The molecule has 0 unspecified atom stereocenters. The highest BCUT2D eigenvalue weighted by atomic mass is 16.7. The Morgan fingerprint density at radius 3 is 3.11 bits per heavy atom. The van der Waals surface area contributed by atoms with Gasteiger partial charge in [-0.3, -0.25) is 4.90 Å². The van der Waals surface area contributed by atoms with Gasteiger partial charge in [-0.2, -0.15) is 0 Å². The molecule has 4 heteroatoms. The lowest BCUT2D eigenvalue weighted by Crippen LogP contribution is -2.27. The van der Waals surface area contributed by atoms with Gasteiger partial charge < -0.3 is 14.8 Å². The molecule has 0 amide bonds. The number of nitrogens with one attached hydrogen (secondary N) is 1. The molecule has 0 spiro atoms. The highest BCUT2D eigenvalue weighted by Gasteiger charge is 2.18. The predicted molar refractivity (Wildman–Crippen MR) is 70.1 cm³/mol. The molecule has 1 saturated heterocycles. The monoisotopic (exact) mass is 248 g/mol. The van der Waals surface area contributed by atoms with E-state index >= 15 is 0 Å². The van der Waals surface area contributed by atoms with Crippen molar-refractivity contribution >= 4 is 0 Å². The van der Waals surface area contributed by atoms with Crippen LogP contribution in [0.1, 0.15) is 17.5 Å². The third-order valence-corrected chi connectivity index (χ3v) is 3.56. The Labute approximate surface area is 108 Å². The second kappa shape index (κ2) is 5.16. The van der Waals surface area contributed by atoms with Gasteiger partial charge >= 0.3 is 0 Å². The van der Waals surface area contributed by atoms with E-state index in [0.29, 0.717) is 6.79 Å². The van der Waals surface area contributed by atoms with Crippen molar-refractivity contribution in [3.63, 3.8) is 0 Å². The second-order valence-electron chi connectivity index (χ2n) is 5.03. The summed E-state index contributed by atoms with van der Waals surface area (Å²) in [6, 6.07) is 4.33. The highest BCUT2D eigenvalue weighted by molar-refractivity contribution is 5.50. The molecule has 1 aromatic rings. The third kappa shape index (κ3) is 2.44. The van der Waals surface area contributed by atoms with E-state index in [9.17, 15) is 0 Å². The van der Waals surface area contributed by atoms with Crippen LogP contribution in [0.5, 0.6) is 11.5 Å². The standard InChI is InChI=1S/C14H20N2O2/c1-11-7-12(8-13-14(11)18-10-17-13)9-16-5-2-3-15-4-6-16/h7-8,15H,2-6,9-10H2,1H3. The van der Waals surface area contributed by atoms with Crippen molar-refractivity contribution in [1.82, 2.24) is 10.2 Å². The first-order chi connectivity index (χ1) is 8.83. The van der Waals surface area contributed by atoms with Crippen LogP contribution in [-0.2, 0) is 6.54 Å². The summed E-state index contributed by atoms with van der Waals surface area (Å²) in [5, 5.41) is 3.43. The number of hydrogen-bond donors (Lipinski definition) is 1. The van der Waals surface area contributed by atoms with Crippen LogP contribution < -0.4 is 14.8 Å². The van der Waals surface area contributed by atoms with Crippen LogP contribution in [0.25, 0.3) is 0 Å². The van der Waals surface area contributed by atoms with Gasteiger partial charge in [-0.15, -0.1) is 0 Å². The van der Waals surface area contributed by atoms with E-state index in [1.165, 1.54) is 24.1 Å². The van der Waals surface area contributed by atoms with Gasteiger partial charge in [0.25, 0.3) is 0 Å². The number of fused-ring (bicyclic) bond motifs is 1. The van der Waals surface area contributed by atoms with Crippen molar-refractivity contribution in [2.45, 2.75) is 19.9 Å². The molecule has 18 heavy (non-hydrogen) atoms. The van der Waals surface area contributed by atoms with Crippen LogP contribution in [0.4, 0.5) is 0 Å². The van der Waals surface area contributed by atoms with Crippen molar-refractivity contribution < 1.29 is 9.47 Å². The van der Waals surface area contributed by atoms with Gasteiger partial charge in [-0.1, -0.05) is 6.07 Å². The molecule has 2 aliphatic heterocycles. The quantitative estimate of drug-likeness (QED) is 0.860. The Balaban J connectivity index is 1.74. The zero-order valence-electron chi connectivity index (χ0n) is 10.9. The van der Waals surface area contributed by atoms with Crippen molar-refractivity contribution in [1.29, 1.82) is 0 Å². The van der Waals surface area contributed by atoms with Gasteiger partial charge in [-0.05, 0) is 43.6 Å². The van der Waals surface area contributed by atoms with E-state index in [2.05, 4.69) is 29.3 Å². The van der Waals surface area contributed by atoms with Crippen LogP contribution >= 0.6 is 0 Å². The van der Waals surface area contributed by atoms with Gasteiger partial charge in [0.1, 0.15) is 0 Å². The largest absolute Gasteiger partial charge is 0.454 e. The maximum atomic E-state index is 5.48. The molecule has 0 radical (unpaired) electrons. The first-order valence-electron chi connectivity index (χ1n) is 6.65. The maximum Gasteiger partial charge on any atom is 0.231 e. The van der Waals surface area contributed by atoms with Crippen LogP contribution in [0.3, 0.4) is 0 Å². The zero-order chi connectivity index (χ0) is 12.4. The van der Waals surface area contributed by atoms with Crippen molar-refractivity contribution in [2.24, 2.45) is 0 Å². The fourth-order valence-corrected chi connectivity index (χ4v) is 2.67. The van der Waals surface area contributed by atoms with Gasteiger partial charge in [0, 0.05) is 19.6 Å². The molecular formula is C14H20N2O2. The lowest BCUT2D eigenvalue weighted by atomic mass is 10.1. The van der Waals surface area contributed by atoms with E-state index in [1.807, 2.05) is 0 Å².